The van der Waals surface area contributed by atoms with Gasteiger partial charge < -0.3 is 19.1 Å². The zero-order chi connectivity index (χ0) is 18.7. The molecule has 0 saturated heterocycles. The first-order chi connectivity index (χ1) is 11.6. The van der Waals surface area contributed by atoms with E-state index >= 15 is 0 Å². The molecular formula is C16H23BrF2N2O3Si. The molecule has 0 aliphatic rings. The summed E-state index contributed by atoms with van der Waals surface area (Å²) < 4.78 is 39.7. The number of aromatic nitrogens is 2. The fourth-order valence-corrected chi connectivity index (χ4v) is 3.28. The Morgan fingerprint density at radius 3 is 2.72 bits per heavy atom. The molecule has 0 fully saturated rings. The third-order valence-electron chi connectivity index (χ3n) is 3.53. The molecule has 0 radical (unpaired) electrons. The monoisotopic (exact) mass is 436 g/mol. The molecular weight excluding hydrogens is 414 g/mol. The maximum absolute atomic E-state index is 13.6. The quantitative estimate of drug-likeness (QED) is 0.465. The Labute approximate surface area is 155 Å². The fourth-order valence-electron chi connectivity index (χ4n) is 2.11. The molecule has 2 aromatic heterocycles. The van der Waals surface area contributed by atoms with E-state index in [4.69, 9.17) is 9.84 Å². The number of rotatable bonds is 9. The highest BCUT2D eigenvalue weighted by molar-refractivity contribution is 9.10. The van der Waals surface area contributed by atoms with Gasteiger partial charge >= 0.3 is 6.11 Å². The molecule has 5 nitrogen and oxygen atoms in total. The number of alkyl halides is 2. The molecule has 0 spiro atoms. The minimum absolute atomic E-state index is 0.215. The highest BCUT2D eigenvalue weighted by atomic mass is 79.9. The molecule has 0 amide bonds. The summed E-state index contributed by atoms with van der Waals surface area (Å²) in [6, 6.07) is 4.56. The number of aliphatic hydroxyl groups is 1. The van der Waals surface area contributed by atoms with E-state index in [1.165, 1.54) is 0 Å². The Hall–Kier alpha value is -1.03. The first kappa shape index (κ1) is 20.3. The van der Waals surface area contributed by atoms with Gasteiger partial charge in [-0.2, -0.15) is 13.8 Å². The van der Waals surface area contributed by atoms with Crippen molar-refractivity contribution in [2.45, 2.75) is 44.9 Å². The standard InChI is InChI=1S/C16H23BrF2N2O3Si/c1-25(2,3)9-8-23-11-21-6-4-12-10-13(17)15(20-14(12)21)24-16(18,19)5-7-22/h4,6,10,22H,5,7-9,11H2,1-3H3. The van der Waals surface area contributed by atoms with Crippen molar-refractivity contribution in [3.05, 3.63) is 22.8 Å². The average molecular weight is 437 g/mol. The van der Waals surface area contributed by atoms with Crippen LogP contribution in [0.15, 0.2) is 22.8 Å². The molecule has 9 heteroatoms. The van der Waals surface area contributed by atoms with E-state index in [0.29, 0.717) is 23.5 Å². The summed E-state index contributed by atoms with van der Waals surface area (Å²) in [5, 5.41) is 9.49. The molecule has 140 valence electrons. The number of halogens is 3. The molecule has 2 aromatic rings. The summed E-state index contributed by atoms with van der Waals surface area (Å²) in [6.45, 7) is 7.11. The van der Waals surface area contributed by atoms with E-state index in [1.54, 1.807) is 16.8 Å². The SMILES string of the molecule is C[Si](C)(C)CCOCn1ccc2cc(Br)c(OC(F)(F)CCO)nc21. The molecule has 1 N–H and O–H groups in total. The van der Waals surface area contributed by atoms with E-state index in [9.17, 15) is 8.78 Å². The maximum atomic E-state index is 13.6. The predicted molar refractivity (Wildman–Crippen MR) is 98.8 cm³/mol. The maximum Gasteiger partial charge on any atom is 0.401 e. The molecule has 0 atom stereocenters. The van der Waals surface area contributed by atoms with E-state index in [-0.39, 0.29) is 5.88 Å². The minimum Gasteiger partial charge on any atom is -0.413 e. The number of hydrogen-bond acceptors (Lipinski definition) is 4. The summed E-state index contributed by atoms with van der Waals surface area (Å²) in [5.74, 6) is -0.215. The van der Waals surface area contributed by atoms with Crippen LogP contribution >= 0.6 is 15.9 Å². The van der Waals surface area contributed by atoms with E-state index in [0.717, 1.165) is 11.4 Å². The summed E-state index contributed by atoms with van der Waals surface area (Å²) in [4.78, 5) is 4.19. The number of pyridine rings is 1. The van der Waals surface area contributed by atoms with Crippen LogP contribution in [0.2, 0.25) is 25.7 Å². The number of ether oxygens (including phenoxy) is 2. The topological polar surface area (TPSA) is 56.5 Å². The lowest BCUT2D eigenvalue weighted by Gasteiger charge is -2.17. The van der Waals surface area contributed by atoms with Crippen molar-refractivity contribution >= 4 is 35.0 Å². The molecule has 0 aliphatic carbocycles. The Balaban J connectivity index is 2.14. The van der Waals surface area contributed by atoms with Crippen molar-refractivity contribution in [3.63, 3.8) is 0 Å². The van der Waals surface area contributed by atoms with Crippen molar-refractivity contribution in [1.29, 1.82) is 0 Å². The largest absolute Gasteiger partial charge is 0.413 e. The second-order valence-electron chi connectivity index (χ2n) is 7.03. The highest BCUT2D eigenvalue weighted by Gasteiger charge is 2.32. The number of nitrogens with zero attached hydrogens (tertiary/aromatic N) is 2. The van der Waals surface area contributed by atoms with Crippen LogP contribution in [-0.4, -0.2) is 42.1 Å². The first-order valence-corrected chi connectivity index (χ1v) is 12.5. The lowest BCUT2D eigenvalue weighted by molar-refractivity contribution is -0.187. The summed E-state index contributed by atoms with van der Waals surface area (Å²) in [5.41, 5.74) is 0.506. The van der Waals surface area contributed by atoms with Crippen LogP contribution in [0.4, 0.5) is 8.78 Å². The second kappa shape index (κ2) is 8.11. The van der Waals surface area contributed by atoms with Gasteiger partial charge in [0.25, 0.3) is 0 Å². The van der Waals surface area contributed by atoms with Crippen molar-refractivity contribution in [3.8, 4) is 5.88 Å². The van der Waals surface area contributed by atoms with Gasteiger partial charge in [-0.1, -0.05) is 19.6 Å². The summed E-state index contributed by atoms with van der Waals surface area (Å²) >= 11 is 3.20. The second-order valence-corrected chi connectivity index (χ2v) is 13.5. The number of fused-ring (bicyclic) bond motifs is 1. The highest BCUT2D eigenvalue weighted by Crippen LogP contribution is 2.32. The van der Waals surface area contributed by atoms with Crippen molar-refractivity contribution in [1.82, 2.24) is 9.55 Å². The van der Waals surface area contributed by atoms with Gasteiger partial charge in [0.15, 0.2) is 0 Å². The molecule has 0 aromatic carbocycles. The van der Waals surface area contributed by atoms with Crippen molar-refractivity contribution < 1.29 is 23.4 Å². The number of aliphatic hydroxyl groups excluding tert-OH is 1. The van der Waals surface area contributed by atoms with Gasteiger partial charge in [0, 0.05) is 26.3 Å². The predicted octanol–water partition coefficient (Wildman–Crippen LogP) is 4.47. The normalized spacial score (nSPS) is 12.8. The van der Waals surface area contributed by atoms with Crippen molar-refractivity contribution in [2.75, 3.05) is 13.2 Å². The molecule has 0 bridgehead atoms. The van der Waals surface area contributed by atoms with Gasteiger partial charge in [0.05, 0.1) is 17.5 Å². The Morgan fingerprint density at radius 2 is 2.08 bits per heavy atom. The molecule has 2 rings (SSSR count). The lowest BCUT2D eigenvalue weighted by atomic mass is 10.3. The van der Waals surface area contributed by atoms with Crippen LogP contribution in [0.5, 0.6) is 5.88 Å². The van der Waals surface area contributed by atoms with Gasteiger partial charge in [0.2, 0.25) is 5.88 Å². The average Bonchev–Trinajstić information content (AvgIpc) is 2.85. The fraction of sp³-hybridized carbons (Fsp3) is 0.562. The summed E-state index contributed by atoms with van der Waals surface area (Å²) in [6.07, 6.45) is -2.47. The third kappa shape index (κ3) is 6.02. The van der Waals surface area contributed by atoms with E-state index in [1.807, 2.05) is 6.07 Å². The smallest absolute Gasteiger partial charge is 0.401 e. The van der Waals surface area contributed by atoms with Crippen molar-refractivity contribution in [2.24, 2.45) is 0 Å². The van der Waals surface area contributed by atoms with Gasteiger partial charge in [-0.3, -0.25) is 0 Å². The van der Waals surface area contributed by atoms with Crippen LogP contribution in [-0.2, 0) is 11.5 Å². The molecule has 25 heavy (non-hydrogen) atoms. The summed E-state index contributed by atoms with van der Waals surface area (Å²) in [7, 11) is -1.16. The zero-order valence-electron chi connectivity index (χ0n) is 14.6. The van der Waals surface area contributed by atoms with Gasteiger partial charge in [0.1, 0.15) is 12.4 Å². The Morgan fingerprint density at radius 1 is 1.36 bits per heavy atom. The molecule has 0 saturated carbocycles. The van der Waals surface area contributed by atoms with Crippen LogP contribution in [0.3, 0.4) is 0 Å². The zero-order valence-corrected chi connectivity index (χ0v) is 17.1. The van der Waals surface area contributed by atoms with Gasteiger partial charge in [-0.05, 0) is 34.1 Å². The van der Waals surface area contributed by atoms with E-state index in [2.05, 4.69) is 45.3 Å². The minimum atomic E-state index is -3.48. The Kier molecular flexibility index (Phi) is 6.58. The van der Waals surface area contributed by atoms with Crippen LogP contribution in [0, 0.1) is 0 Å². The van der Waals surface area contributed by atoms with Gasteiger partial charge in [-0.25, -0.2) is 0 Å². The van der Waals surface area contributed by atoms with E-state index < -0.39 is 27.2 Å². The van der Waals surface area contributed by atoms with Crippen LogP contribution < -0.4 is 4.74 Å². The van der Waals surface area contributed by atoms with Crippen LogP contribution in [0.1, 0.15) is 6.42 Å². The Bertz CT molecular complexity index is 719. The molecule has 2 heterocycles. The lowest BCUT2D eigenvalue weighted by Crippen LogP contribution is -2.26. The number of hydrogen-bond donors (Lipinski definition) is 1. The third-order valence-corrected chi connectivity index (χ3v) is 5.81. The van der Waals surface area contributed by atoms with Gasteiger partial charge in [-0.15, -0.1) is 0 Å². The first-order valence-electron chi connectivity index (χ1n) is 8.02. The molecule has 0 aliphatic heterocycles. The molecule has 0 unspecified atom stereocenters. The van der Waals surface area contributed by atoms with Crippen LogP contribution in [0.25, 0.3) is 11.0 Å².